The second-order valence-electron chi connectivity index (χ2n) is 5.98. The fourth-order valence-corrected chi connectivity index (χ4v) is 2.52. The van der Waals surface area contributed by atoms with Gasteiger partial charge in [0.05, 0.1) is 10.6 Å². The standard InChI is InChI=1S/C21H15FN2O5/c22-18-11-8-16(24(27)28)12-19(18)23-20(25)13-29-17-9-6-15(7-10-17)21(26)14-4-2-1-3-5-14/h1-12H,13H2,(H,23,25). The van der Waals surface area contributed by atoms with Gasteiger partial charge in [-0.1, -0.05) is 30.3 Å². The average Bonchev–Trinajstić information content (AvgIpc) is 2.74. The number of ketones is 1. The van der Waals surface area contributed by atoms with Gasteiger partial charge in [-0.15, -0.1) is 0 Å². The maximum atomic E-state index is 13.7. The molecule has 0 spiro atoms. The van der Waals surface area contributed by atoms with E-state index in [-0.39, 0.29) is 17.2 Å². The zero-order valence-electron chi connectivity index (χ0n) is 15.0. The second kappa shape index (κ2) is 8.75. The van der Waals surface area contributed by atoms with Crippen molar-refractivity contribution < 1.29 is 23.6 Å². The van der Waals surface area contributed by atoms with Crippen LogP contribution in [0.1, 0.15) is 15.9 Å². The minimum absolute atomic E-state index is 0.143. The molecule has 29 heavy (non-hydrogen) atoms. The van der Waals surface area contributed by atoms with Crippen LogP contribution in [0.5, 0.6) is 5.75 Å². The maximum absolute atomic E-state index is 13.7. The van der Waals surface area contributed by atoms with E-state index < -0.39 is 23.3 Å². The molecule has 3 aromatic rings. The van der Waals surface area contributed by atoms with Gasteiger partial charge in [-0.05, 0) is 30.3 Å². The van der Waals surface area contributed by atoms with Gasteiger partial charge in [0, 0.05) is 23.3 Å². The van der Waals surface area contributed by atoms with Crippen LogP contribution in [0.3, 0.4) is 0 Å². The Morgan fingerprint density at radius 2 is 1.62 bits per heavy atom. The summed E-state index contributed by atoms with van der Waals surface area (Å²) in [7, 11) is 0. The third-order valence-corrected chi connectivity index (χ3v) is 3.96. The largest absolute Gasteiger partial charge is 0.484 e. The van der Waals surface area contributed by atoms with Crippen molar-refractivity contribution in [3.8, 4) is 5.75 Å². The molecule has 0 aliphatic heterocycles. The minimum Gasteiger partial charge on any atom is -0.484 e. The predicted octanol–water partition coefficient (Wildman–Crippen LogP) is 3.98. The van der Waals surface area contributed by atoms with Crippen LogP contribution in [-0.2, 0) is 4.79 Å². The number of carbonyl (C=O) groups is 2. The second-order valence-corrected chi connectivity index (χ2v) is 5.98. The number of amides is 1. The normalized spacial score (nSPS) is 10.2. The van der Waals surface area contributed by atoms with Gasteiger partial charge in [0.25, 0.3) is 11.6 Å². The molecule has 1 N–H and O–H groups in total. The number of nitrogens with zero attached hydrogens (tertiary/aromatic N) is 1. The van der Waals surface area contributed by atoms with Gasteiger partial charge in [0.1, 0.15) is 11.6 Å². The smallest absolute Gasteiger partial charge is 0.271 e. The first kappa shape index (κ1) is 19.7. The molecule has 1 amide bonds. The van der Waals surface area contributed by atoms with Crippen LogP contribution in [-0.4, -0.2) is 23.2 Å². The summed E-state index contributed by atoms with van der Waals surface area (Å²) in [4.78, 5) is 34.4. The molecule has 0 saturated carbocycles. The highest BCUT2D eigenvalue weighted by Gasteiger charge is 2.14. The number of halogens is 1. The number of hydrogen-bond donors (Lipinski definition) is 1. The van der Waals surface area contributed by atoms with Crippen molar-refractivity contribution in [2.24, 2.45) is 0 Å². The first-order chi connectivity index (χ1) is 13.9. The third-order valence-electron chi connectivity index (χ3n) is 3.96. The molecule has 0 aliphatic carbocycles. The molecule has 0 heterocycles. The first-order valence-electron chi connectivity index (χ1n) is 8.50. The van der Waals surface area contributed by atoms with Crippen LogP contribution >= 0.6 is 0 Å². The topological polar surface area (TPSA) is 98.5 Å². The highest BCUT2D eigenvalue weighted by molar-refractivity contribution is 6.09. The highest BCUT2D eigenvalue weighted by atomic mass is 19.1. The Hall–Kier alpha value is -4.07. The number of nitrogens with one attached hydrogen (secondary N) is 1. The minimum atomic E-state index is -0.798. The van der Waals surface area contributed by atoms with Crippen molar-refractivity contribution >= 4 is 23.1 Å². The fraction of sp³-hybridized carbons (Fsp3) is 0.0476. The third kappa shape index (κ3) is 5.01. The monoisotopic (exact) mass is 394 g/mol. The molecule has 0 atom stereocenters. The molecule has 0 saturated heterocycles. The summed E-state index contributed by atoms with van der Waals surface area (Å²) in [5.74, 6) is -1.29. The summed E-state index contributed by atoms with van der Waals surface area (Å²) in [6.45, 7) is -0.436. The van der Waals surface area contributed by atoms with Gasteiger partial charge in [-0.25, -0.2) is 4.39 Å². The lowest BCUT2D eigenvalue weighted by atomic mass is 10.0. The number of carbonyl (C=O) groups excluding carboxylic acids is 2. The molecule has 7 nitrogen and oxygen atoms in total. The molecule has 3 aromatic carbocycles. The van der Waals surface area contributed by atoms with Crippen LogP contribution in [0, 0.1) is 15.9 Å². The number of nitro groups is 1. The first-order valence-corrected chi connectivity index (χ1v) is 8.50. The molecule has 0 unspecified atom stereocenters. The highest BCUT2D eigenvalue weighted by Crippen LogP contribution is 2.21. The summed E-state index contributed by atoms with van der Waals surface area (Å²) in [5, 5.41) is 13.0. The molecule has 0 bridgehead atoms. The predicted molar refractivity (Wildman–Crippen MR) is 103 cm³/mol. The van der Waals surface area contributed by atoms with E-state index in [1.54, 1.807) is 36.4 Å². The lowest BCUT2D eigenvalue weighted by Gasteiger charge is -2.09. The van der Waals surface area contributed by atoms with Gasteiger partial charge < -0.3 is 10.1 Å². The Morgan fingerprint density at radius 3 is 2.28 bits per heavy atom. The Bertz CT molecular complexity index is 1050. The maximum Gasteiger partial charge on any atom is 0.271 e. The lowest BCUT2D eigenvalue weighted by Crippen LogP contribution is -2.20. The summed E-state index contributed by atoms with van der Waals surface area (Å²) < 4.78 is 19.0. The molecule has 3 rings (SSSR count). The molecule has 0 aromatic heterocycles. The Morgan fingerprint density at radius 1 is 0.966 bits per heavy atom. The van der Waals surface area contributed by atoms with E-state index >= 15 is 0 Å². The molecule has 0 fully saturated rings. The van der Waals surface area contributed by atoms with Gasteiger partial charge in [-0.3, -0.25) is 19.7 Å². The number of benzene rings is 3. The zero-order valence-corrected chi connectivity index (χ0v) is 15.0. The van der Waals surface area contributed by atoms with Gasteiger partial charge >= 0.3 is 0 Å². The number of anilines is 1. The van der Waals surface area contributed by atoms with Crippen molar-refractivity contribution in [3.05, 3.63) is 99.9 Å². The van der Waals surface area contributed by atoms with E-state index in [1.807, 2.05) is 6.07 Å². The van der Waals surface area contributed by atoms with Crippen LogP contribution < -0.4 is 10.1 Å². The molecular formula is C21H15FN2O5. The number of ether oxygens (including phenoxy) is 1. The average molecular weight is 394 g/mol. The number of rotatable bonds is 7. The molecule has 146 valence electrons. The Labute approximate surface area is 164 Å². The van der Waals surface area contributed by atoms with Crippen molar-refractivity contribution in [2.45, 2.75) is 0 Å². The Balaban J connectivity index is 1.59. The van der Waals surface area contributed by atoms with Crippen LogP contribution in [0.15, 0.2) is 72.8 Å². The zero-order chi connectivity index (χ0) is 20.8. The van der Waals surface area contributed by atoms with Crippen LogP contribution in [0.4, 0.5) is 15.8 Å². The van der Waals surface area contributed by atoms with Crippen LogP contribution in [0.25, 0.3) is 0 Å². The van der Waals surface area contributed by atoms with E-state index in [9.17, 15) is 24.1 Å². The summed E-state index contributed by atoms with van der Waals surface area (Å²) >= 11 is 0. The molecule has 0 aliphatic rings. The quantitative estimate of drug-likeness (QED) is 0.371. The van der Waals surface area contributed by atoms with E-state index in [0.29, 0.717) is 16.9 Å². The molecular weight excluding hydrogens is 379 g/mol. The summed E-state index contributed by atoms with van der Waals surface area (Å²) in [5.41, 5.74) is 0.365. The number of nitro benzene ring substituents is 1. The SMILES string of the molecule is O=C(COc1ccc(C(=O)c2ccccc2)cc1)Nc1cc([N+](=O)[O-])ccc1F. The van der Waals surface area contributed by atoms with Crippen LogP contribution in [0.2, 0.25) is 0 Å². The number of hydrogen-bond acceptors (Lipinski definition) is 5. The van der Waals surface area contributed by atoms with Crippen molar-refractivity contribution in [3.63, 3.8) is 0 Å². The lowest BCUT2D eigenvalue weighted by molar-refractivity contribution is -0.384. The Kier molecular flexibility index (Phi) is 5.94. The summed E-state index contributed by atoms with van der Waals surface area (Å²) in [6, 6.07) is 17.8. The van der Waals surface area contributed by atoms with E-state index in [0.717, 1.165) is 18.2 Å². The van der Waals surface area contributed by atoms with E-state index in [4.69, 9.17) is 4.74 Å². The fourth-order valence-electron chi connectivity index (χ4n) is 2.52. The van der Waals surface area contributed by atoms with E-state index in [1.165, 1.54) is 12.1 Å². The van der Waals surface area contributed by atoms with E-state index in [2.05, 4.69) is 5.32 Å². The number of non-ortho nitro benzene ring substituents is 1. The van der Waals surface area contributed by atoms with Crippen molar-refractivity contribution in [2.75, 3.05) is 11.9 Å². The summed E-state index contributed by atoms with van der Waals surface area (Å²) in [6.07, 6.45) is 0. The van der Waals surface area contributed by atoms with Crippen molar-refractivity contribution in [1.29, 1.82) is 0 Å². The van der Waals surface area contributed by atoms with Gasteiger partial charge in [0.2, 0.25) is 0 Å². The molecule has 8 heteroatoms. The van der Waals surface area contributed by atoms with Gasteiger partial charge in [0.15, 0.2) is 12.4 Å². The molecule has 0 radical (unpaired) electrons. The van der Waals surface area contributed by atoms with Crippen molar-refractivity contribution in [1.82, 2.24) is 0 Å². The van der Waals surface area contributed by atoms with Gasteiger partial charge in [-0.2, -0.15) is 0 Å².